The number of rotatable bonds is 2. The molecule has 19 heavy (non-hydrogen) atoms. The largest absolute Gasteiger partial charge is 0.383 e. The number of hydrogen-bond donors (Lipinski definition) is 2. The number of benzene rings is 1. The third kappa shape index (κ3) is 3.02. The van der Waals surface area contributed by atoms with E-state index in [1.807, 2.05) is 37.3 Å². The maximum Gasteiger partial charge on any atom is 0.139 e. The van der Waals surface area contributed by atoms with Crippen molar-refractivity contribution in [1.29, 1.82) is 0 Å². The minimum absolute atomic E-state index is 0.130. The minimum Gasteiger partial charge on any atom is -0.383 e. The van der Waals surface area contributed by atoms with Crippen molar-refractivity contribution in [2.75, 3.05) is 11.1 Å². The quantitative estimate of drug-likeness (QED) is 0.864. The smallest absolute Gasteiger partial charge is 0.139 e. The predicted octanol–water partition coefficient (Wildman–Crippen LogP) is 3.41. The van der Waals surface area contributed by atoms with Gasteiger partial charge in [0.05, 0.1) is 0 Å². The number of anilines is 3. The van der Waals surface area contributed by atoms with E-state index in [4.69, 9.17) is 5.73 Å². The Morgan fingerprint density at radius 3 is 2.26 bits per heavy atom. The second-order valence-corrected chi connectivity index (χ2v) is 5.65. The zero-order chi connectivity index (χ0) is 14.0. The molecule has 1 aromatic heterocycles. The maximum absolute atomic E-state index is 5.98. The standard InChI is InChI=1S/C15H20N4/c1-10-12(16)18-14(15(2,3)4)19-13(10)17-11-8-6-5-7-9-11/h5-9H,1-4H3,(H3,16,17,18,19). The highest BCUT2D eigenvalue weighted by Crippen LogP contribution is 2.26. The van der Waals surface area contributed by atoms with Crippen LogP contribution in [-0.2, 0) is 5.41 Å². The molecule has 0 aliphatic carbocycles. The average Bonchev–Trinajstić information content (AvgIpc) is 2.34. The van der Waals surface area contributed by atoms with E-state index in [1.165, 1.54) is 0 Å². The van der Waals surface area contributed by atoms with Gasteiger partial charge in [-0.1, -0.05) is 39.0 Å². The number of hydrogen-bond acceptors (Lipinski definition) is 4. The van der Waals surface area contributed by atoms with Crippen molar-refractivity contribution in [2.45, 2.75) is 33.1 Å². The van der Waals surface area contributed by atoms with Crippen molar-refractivity contribution in [3.8, 4) is 0 Å². The number of aromatic nitrogens is 2. The Bertz CT molecular complexity index is 571. The second kappa shape index (κ2) is 4.88. The molecule has 4 nitrogen and oxygen atoms in total. The van der Waals surface area contributed by atoms with E-state index in [9.17, 15) is 0 Å². The van der Waals surface area contributed by atoms with Crippen molar-refractivity contribution in [3.05, 3.63) is 41.7 Å². The average molecular weight is 256 g/mol. The summed E-state index contributed by atoms with van der Waals surface area (Å²) in [5.41, 5.74) is 7.71. The van der Waals surface area contributed by atoms with Gasteiger partial charge < -0.3 is 11.1 Å². The molecule has 0 radical (unpaired) electrons. The Labute approximate surface area is 114 Å². The van der Waals surface area contributed by atoms with Crippen LogP contribution in [0, 0.1) is 6.92 Å². The van der Waals surface area contributed by atoms with Crippen LogP contribution in [0.5, 0.6) is 0 Å². The number of para-hydroxylation sites is 1. The first-order valence-electron chi connectivity index (χ1n) is 6.34. The lowest BCUT2D eigenvalue weighted by Gasteiger charge is -2.19. The molecule has 2 aromatic rings. The van der Waals surface area contributed by atoms with Gasteiger partial charge in [0.2, 0.25) is 0 Å². The van der Waals surface area contributed by atoms with Gasteiger partial charge >= 0.3 is 0 Å². The molecule has 4 heteroatoms. The zero-order valence-corrected chi connectivity index (χ0v) is 11.9. The normalized spacial score (nSPS) is 11.4. The number of nitrogen functional groups attached to an aromatic ring is 1. The molecule has 0 saturated heterocycles. The summed E-state index contributed by atoms with van der Waals surface area (Å²) in [5.74, 6) is 2.04. The number of nitrogens with zero attached hydrogens (tertiary/aromatic N) is 2. The fourth-order valence-electron chi connectivity index (χ4n) is 1.65. The van der Waals surface area contributed by atoms with E-state index in [-0.39, 0.29) is 5.41 Å². The molecular formula is C15H20N4. The second-order valence-electron chi connectivity index (χ2n) is 5.65. The summed E-state index contributed by atoms with van der Waals surface area (Å²) in [6.07, 6.45) is 0. The molecule has 2 rings (SSSR count). The Hall–Kier alpha value is -2.10. The van der Waals surface area contributed by atoms with Crippen molar-refractivity contribution < 1.29 is 0 Å². The van der Waals surface area contributed by atoms with Crippen molar-refractivity contribution in [3.63, 3.8) is 0 Å². The van der Waals surface area contributed by atoms with Crippen LogP contribution in [0.4, 0.5) is 17.3 Å². The van der Waals surface area contributed by atoms with Crippen LogP contribution >= 0.6 is 0 Å². The van der Waals surface area contributed by atoms with Crippen LogP contribution in [0.3, 0.4) is 0 Å². The van der Waals surface area contributed by atoms with Crippen molar-refractivity contribution in [2.24, 2.45) is 0 Å². The van der Waals surface area contributed by atoms with Crippen molar-refractivity contribution in [1.82, 2.24) is 9.97 Å². The maximum atomic E-state index is 5.98. The Morgan fingerprint density at radius 1 is 1.05 bits per heavy atom. The molecule has 0 bridgehead atoms. The Morgan fingerprint density at radius 2 is 1.68 bits per heavy atom. The minimum atomic E-state index is -0.130. The molecule has 1 aromatic carbocycles. The third-order valence-electron chi connectivity index (χ3n) is 2.89. The monoisotopic (exact) mass is 256 g/mol. The van der Waals surface area contributed by atoms with E-state index in [0.717, 1.165) is 22.9 Å². The van der Waals surface area contributed by atoms with Crippen LogP contribution in [-0.4, -0.2) is 9.97 Å². The van der Waals surface area contributed by atoms with Gasteiger partial charge in [-0.05, 0) is 19.1 Å². The van der Waals surface area contributed by atoms with E-state index >= 15 is 0 Å². The van der Waals surface area contributed by atoms with Crippen molar-refractivity contribution >= 4 is 17.3 Å². The molecule has 0 unspecified atom stereocenters. The molecule has 3 N–H and O–H groups in total. The van der Waals surface area contributed by atoms with E-state index in [2.05, 4.69) is 36.1 Å². The summed E-state index contributed by atoms with van der Waals surface area (Å²) in [4.78, 5) is 8.97. The molecule has 0 spiro atoms. The van der Waals surface area contributed by atoms with Gasteiger partial charge in [0.1, 0.15) is 17.5 Å². The van der Waals surface area contributed by atoms with Gasteiger partial charge in [0, 0.05) is 16.7 Å². The van der Waals surface area contributed by atoms with Gasteiger partial charge in [-0.3, -0.25) is 0 Å². The summed E-state index contributed by atoms with van der Waals surface area (Å²) in [7, 11) is 0. The molecule has 0 amide bonds. The van der Waals surface area contributed by atoms with Crippen LogP contribution in [0.25, 0.3) is 0 Å². The molecule has 0 aliphatic heterocycles. The molecular weight excluding hydrogens is 236 g/mol. The lowest BCUT2D eigenvalue weighted by Crippen LogP contribution is -2.18. The van der Waals surface area contributed by atoms with Gasteiger partial charge in [0.25, 0.3) is 0 Å². The van der Waals surface area contributed by atoms with Gasteiger partial charge in [-0.15, -0.1) is 0 Å². The lowest BCUT2D eigenvalue weighted by molar-refractivity contribution is 0.546. The number of nitrogens with one attached hydrogen (secondary N) is 1. The molecule has 1 heterocycles. The SMILES string of the molecule is Cc1c(N)nc(C(C)(C)C)nc1Nc1ccccc1. The summed E-state index contributed by atoms with van der Waals surface area (Å²) in [5, 5.41) is 3.29. The summed E-state index contributed by atoms with van der Waals surface area (Å²) >= 11 is 0. The number of nitrogens with two attached hydrogens (primary N) is 1. The highest BCUT2D eigenvalue weighted by Gasteiger charge is 2.20. The fraction of sp³-hybridized carbons (Fsp3) is 0.333. The molecule has 100 valence electrons. The van der Waals surface area contributed by atoms with E-state index in [1.54, 1.807) is 0 Å². The molecule has 0 fully saturated rings. The molecule has 0 aliphatic rings. The summed E-state index contributed by atoms with van der Waals surface area (Å²) in [6.45, 7) is 8.14. The highest BCUT2D eigenvalue weighted by atomic mass is 15.1. The predicted molar refractivity (Wildman–Crippen MR) is 79.6 cm³/mol. The Balaban J connectivity index is 2.42. The van der Waals surface area contributed by atoms with Crippen LogP contribution in [0.1, 0.15) is 32.2 Å². The van der Waals surface area contributed by atoms with Gasteiger partial charge in [-0.25, -0.2) is 9.97 Å². The molecule has 0 atom stereocenters. The third-order valence-corrected chi connectivity index (χ3v) is 2.89. The van der Waals surface area contributed by atoms with E-state index in [0.29, 0.717) is 5.82 Å². The zero-order valence-electron chi connectivity index (χ0n) is 11.9. The summed E-state index contributed by atoms with van der Waals surface area (Å²) < 4.78 is 0. The van der Waals surface area contributed by atoms with Crippen LogP contribution < -0.4 is 11.1 Å². The highest BCUT2D eigenvalue weighted by molar-refractivity contribution is 5.63. The van der Waals surface area contributed by atoms with Crippen LogP contribution in [0.15, 0.2) is 30.3 Å². The van der Waals surface area contributed by atoms with Gasteiger partial charge in [-0.2, -0.15) is 0 Å². The lowest BCUT2D eigenvalue weighted by atomic mass is 9.95. The first kappa shape index (κ1) is 13.3. The first-order valence-corrected chi connectivity index (χ1v) is 6.34. The van der Waals surface area contributed by atoms with E-state index < -0.39 is 0 Å². The first-order chi connectivity index (χ1) is 8.88. The summed E-state index contributed by atoms with van der Waals surface area (Å²) in [6, 6.07) is 9.93. The van der Waals surface area contributed by atoms with Gasteiger partial charge in [0.15, 0.2) is 0 Å². The Kier molecular flexibility index (Phi) is 3.42. The molecule has 0 saturated carbocycles. The topological polar surface area (TPSA) is 63.8 Å². The fourth-order valence-corrected chi connectivity index (χ4v) is 1.65. The van der Waals surface area contributed by atoms with Crippen LogP contribution in [0.2, 0.25) is 0 Å².